The van der Waals surface area contributed by atoms with Crippen LogP contribution in [0.5, 0.6) is 23.0 Å². The van der Waals surface area contributed by atoms with Crippen molar-refractivity contribution in [3.05, 3.63) is 47.5 Å². The molecule has 25 heavy (non-hydrogen) atoms. The van der Waals surface area contributed by atoms with Crippen molar-refractivity contribution in [2.45, 2.75) is 13.1 Å². The predicted molar refractivity (Wildman–Crippen MR) is 97.4 cm³/mol. The highest BCUT2D eigenvalue weighted by Gasteiger charge is 2.15. The van der Waals surface area contributed by atoms with E-state index in [4.69, 9.17) is 25.4 Å². The van der Waals surface area contributed by atoms with Crippen LogP contribution in [0.1, 0.15) is 11.1 Å². The second-order valence-electron chi connectivity index (χ2n) is 5.23. The molecular formula is C20H23NO4. The fourth-order valence-electron chi connectivity index (χ4n) is 2.47. The number of rotatable bonds is 9. The summed E-state index contributed by atoms with van der Waals surface area (Å²) >= 11 is 0. The average molecular weight is 341 g/mol. The van der Waals surface area contributed by atoms with Crippen LogP contribution < -0.4 is 24.3 Å². The van der Waals surface area contributed by atoms with Gasteiger partial charge in [-0.25, -0.2) is 0 Å². The average Bonchev–Trinajstić information content (AvgIpc) is 2.66. The first kappa shape index (κ1) is 18.5. The van der Waals surface area contributed by atoms with E-state index in [1.807, 2.05) is 36.4 Å². The summed E-state index contributed by atoms with van der Waals surface area (Å²) < 4.78 is 21.6. The highest BCUT2D eigenvalue weighted by atomic mass is 16.5. The lowest BCUT2D eigenvalue weighted by Gasteiger charge is -2.16. The maximum atomic E-state index is 5.49. The van der Waals surface area contributed by atoms with Crippen LogP contribution in [0.2, 0.25) is 0 Å². The minimum atomic E-state index is 0.274. The molecule has 0 aliphatic carbocycles. The van der Waals surface area contributed by atoms with Gasteiger partial charge in [-0.05, 0) is 23.8 Å². The Balaban J connectivity index is 1.98. The van der Waals surface area contributed by atoms with Crippen molar-refractivity contribution < 1.29 is 18.9 Å². The van der Waals surface area contributed by atoms with Crippen LogP contribution in [-0.4, -0.2) is 27.9 Å². The molecule has 0 aromatic heterocycles. The van der Waals surface area contributed by atoms with Gasteiger partial charge in [0, 0.05) is 18.7 Å². The zero-order chi connectivity index (χ0) is 18.1. The summed E-state index contributed by atoms with van der Waals surface area (Å²) in [5, 5.41) is 3.39. The molecule has 0 saturated carbocycles. The van der Waals surface area contributed by atoms with E-state index in [9.17, 15) is 0 Å². The molecule has 0 amide bonds. The minimum absolute atomic E-state index is 0.274. The maximum absolute atomic E-state index is 5.49. The number of ether oxygens (including phenoxy) is 4. The third-order valence-electron chi connectivity index (χ3n) is 3.68. The first-order chi connectivity index (χ1) is 12.2. The second kappa shape index (κ2) is 9.45. The molecule has 0 unspecified atom stereocenters. The topological polar surface area (TPSA) is 49.0 Å². The predicted octanol–water partition coefficient (Wildman–Crippen LogP) is 3.01. The van der Waals surface area contributed by atoms with Gasteiger partial charge in [0.25, 0.3) is 0 Å². The summed E-state index contributed by atoms with van der Waals surface area (Å²) in [5.41, 5.74) is 2.14. The first-order valence-corrected chi connectivity index (χ1v) is 7.87. The molecule has 2 aromatic rings. The van der Waals surface area contributed by atoms with E-state index in [0.717, 1.165) is 16.9 Å². The van der Waals surface area contributed by atoms with Gasteiger partial charge in [0.2, 0.25) is 5.75 Å². The normalized spacial score (nSPS) is 10.0. The molecule has 2 aromatic carbocycles. The number of nitrogens with one attached hydrogen (secondary N) is 1. The van der Waals surface area contributed by atoms with E-state index < -0.39 is 0 Å². The maximum Gasteiger partial charge on any atom is 0.203 e. The van der Waals surface area contributed by atoms with Gasteiger partial charge in [0.15, 0.2) is 11.5 Å². The molecule has 0 fully saturated rings. The number of methoxy groups -OCH3 is 3. The van der Waals surface area contributed by atoms with Crippen molar-refractivity contribution in [2.75, 3.05) is 27.9 Å². The van der Waals surface area contributed by atoms with Crippen molar-refractivity contribution >= 4 is 0 Å². The van der Waals surface area contributed by atoms with E-state index in [0.29, 0.717) is 30.3 Å². The molecule has 0 atom stereocenters. The number of benzene rings is 2. The van der Waals surface area contributed by atoms with Crippen LogP contribution in [0, 0.1) is 12.3 Å². The monoisotopic (exact) mass is 341 g/mol. The summed E-state index contributed by atoms with van der Waals surface area (Å²) in [5.74, 6) is 5.13. The molecule has 0 aliphatic rings. The SMILES string of the molecule is C#CCOc1ccc(CNCc2ccc(OC)c(OC)c2OC)cc1. The molecule has 0 saturated heterocycles. The van der Waals surface area contributed by atoms with E-state index in [1.165, 1.54) is 0 Å². The lowest BCUT2D eigenvalue weighted by Crippen LogP contribution is -2.13. The summed E-state index contributed by atoms with van der Waals surface area (Å²) in [7, 11) is 4.82. The smallest absolute Gasteiger partial charge is 0.203 e. The molecule has 5 nitrogen and oxygen atoms in total. The van der Waals surface area contributed by atoms with Crippen LogP contribution in [0.15, 0.2) is 36.4 Å². The van der Waals surface area contributed by atoms with E-state index in [2.05, 4.69) is 11.2 Å². The molecule has 0 aliphatic heterocycles. The van der Waals surface area contributed by atoms with Crippen molar-refractivity contribution in [2.24, 2.45) is 0 Å². The Labute approximate surface area is 148 Å². The second-order valence-corrected chi connectivity index (χ2v) is 5.23. The Bertz CT molecular complexity index is 720. The van der Waals surface area contributed by atoms with Crippen molar-refractivity contribution in [3.8, 4) is 35.3 Å². The lowest BCUT2D eigenvalue weighted by molar-refractivity contribution is 0.321. The molecule has 0 spiro atoms. The van der Waals surface area contributed by atoms with Gasteiger partial charge in [0.05, 0.1) is 21.3 Å². The minimum Gasteiger partial charge on any atom is -0.493 e. The third-order valence-corrected chi connectivity index (χ3v) is 3.68. The zero-order valence-corrected chi connectivity index (χ0v) is 14.8. The first-order valence-electron chi connectivity index (χ1n) is 7.87. The van der Waals surface area contributed by atoms with Crippen LogP contribution in [-0.2, 0) is 13.1 Å². The number of hydrogen-bond donors (Lipinski definition) is 1. The Morgan fingerprint density at radius 1 is 0.880 bits per heavy atom. The molecule has 0 heterocycles. The Kier molecular flexibility index (Phi) is 7.00. The molecule has 0 bridgehead atoms. The van der Waals surface area contributed by atoms with Gasteiger partial charge < -0.3 is 24.3 Å². The summed E-state index contributed by atoms with van der Waals surface area (Å²) in [4.78, 5) is 0. The van der Waals surface area contributed by atoms with E-state index in [-0.39, 0.29) is 6.61 Å². The van der Waals surface area contributed by atoms with Crippen LogP contribution in [0.3, 0.4) is 0 Å². The van der Waals surface area contributed by atoms with Gasteiger partial charge in [-0.1, -0.05) is 24.1 Å². The lowest BCUT2D eigenvalue weighted by atomic mass is 10.1. The fourth-order valence-corrected chi connectivity index (χ4v) is 2.47. The quantitative estimate of drug-likeness (QED) is 0.711. The number of hydrogen-bond acceptors (Lipinski definition) is 5. The molecule has 2 rings (SSSR count). The highest BCUT2D eigenvalue weighted by Crippen LogP contribution is 2.39. The zero-order valence-electron chi connectivity index (χ0n) is 14.8. The largest absolute Gasteiger partial charge is 0.493 e. The third kappa shape index (κ3) is 4.82. The van der Waals surface area contributed by atoms with Gasteiger partial charge in [-0.15, -0.1) is 6.42 Å². The standard InChI is InChI=1S/C20H23NO4/c1-5-12-25-17-9-6-15(7-10-17)13-21-14-16-8-11-18(22-2)20(24-4)19(16)23-3/h1,6-11,21H,12-14H2,2-4H3. The van der Waals surface area contributed by atoms with E-state index in [1.54, 1.807) is 21.3 Å². The summed E-state index contributed by atoms with van der Waals surface area (Å²) in [6, 6.07) is 11.7. The summed E-state index contributed by atoms with van der Waals surface area (Å²) in [6.07, 6.45) is 5.18. The Morgan fingerprint density at radius 3 is 2.20 bits per heavy atom. The van der Waals surface area contributed by atoms with Gasteiger partial charge in [0.1, 0.15) is 12.4 Å². The van der Waals surface area contributed by atoms with Crippen LogP contribution in [0.25, 0.3) is 0 Å². The Hall–Kier alpha value is -2.84. The van der Waals surface area contributed by atoms with Crippen molar-refractivity contribution in [1.29, 1.82) is 0 Å². The molecule has 0 radical (unpaired) electrons. The molecule has 1 N–H and O–H groups in total. The summed E-state index contributed by atoms with van der Waals surface area (Å²) in [6.45, 7) is 1.63. The molecule has 5 heteroatoms. The number of terminal acetylenes is 1. The van der Waals surface area contributed by atoms with Gasteiger partial charge in [-0.2, -0.15) is 0 Å². The van der Waals surface area contributed by atoms with Crippen molar-refractivity contribution in [3.63, 3.8) is 0 Å². The highest BCUT2D eigenvalue weighted by molar-refractivity contribution is 5.55. The molecular weight excluding hydrogens is 318 g/mol. The van der Waals surface area contributed by atoms with Crippen LogP contribution in [0.4, 0.5) is 0 Å². The van der Waals surface area contributed by atoms with Crippen molar-refractivity contribution in [1.82, 2.24) is 5.32 Å². The van der Waals surface area contributed by atoms with Gasteiger partial charge >= 0.3 is 0 Å². The van der Waals surface area contributed by atoms with Gasteiger partial charge in [-0.3, -0.25) is 0 Å². The van der Waals surface area contributed by atoms with E-state index >= 15 is 0 Å². The molecule has 132 valence electrons. The Morgan fingerprint density at radius 2 is 1.60 bits per heavy atom. The fraction of sp³-hybridized carbons (Fsp3) is 0.300. The van der Waals surface area contributed by atoms with Crippen LogP contribution >= 0.6 is 0 Å².